The van der Waals surface area contributed by atoms with Gasteiger partial charge in [-0.05, 0) is 41.1 Å². The lowest BCUT2D eigenvalue weighted by molar-refractivity contribution is -0.114. The number of halogens is 4. The fourth-order valence-electron chi connectivity index (χ4n) is 2.97. The molecule has 0 spiro atoms. The van der Waals surface area contributed by atoms with Crippen molar-refractivity contribution < 1.29 is 27.4 Å². The number of amidine groups is 2. The maximum atomic E-state index is 13.0. The predicted octanol–water partition coefficient (Wildman–Crippen LogP) is 5.11. The third-order valence-electron chi connectivity index (χ3n) is 4.49. The van der Waals surface area contributed by atoms with E-state index in [0.717, 1.165) is 5.56 Å². The van der Waals surface area contributed by atoms with Crippen LogP contribution in [0.2, 0.25) is 5.02 Å². The van der Waals surface area contributed by atoms with Crippen molar-refractivity contribution in [3.05, 3.63) is 64.2 Å². The summed E-state index contributed by atoms with van der Waals surface area (Å²) in [4.78, 5) is 16.1. The van der Waals surface area contributed by atoms with E-state index in [-0.39, 0.29) is 45.6 Å². The maximum Gasteiger partial charge on any atom is 0.441 e. The summed E-state index contributed by atoms with van der Waals surface area (Å²) >= 11 is 6.55. The Kier molecular flexibility index (Phi) is 6.17. The van der Waals surface area contributed by atoms with Gasteiger partial charge in [-0.1, -0.05) is 41.9 Å². The van der Waals surface area contributed by atoms with Crippen LogP contribution in [0.25, 0.3) is 6.08 Å². The SMILES string of the molecule is COc1cc(/C=C2\C(=N)N3N=C(C(F)(F)F)SC3=NC2=O)cc(Cl)c1OCc1ccccc1. The first-order valence-electron chi connectivity index (χ1n) is 9.29. The lowest BCUT2D eigenvalue weighted by Gasteiger charge is -2.20. The first-order chi connectivity index (χ1) is 15.7. The van der Waals surface area contributed by atoms with Crippen LogP contribution < -0.4 is 9.47 Å². The number of aliphatic imine (C=N–C) groups is 1. The molecule has 12 heteroatoms. The molecule has 0 aliphatic carbocycles. The summed E-state index contributed by atoms with van der Waals surface area (Å²) in [7, 11) is 1.41. The van der Waals surface area contributed by atoms with Crippen LogP contribution in [0.3, 0.4) is 0 Å². The highest BCUT2D eigenvalue weighted by Gasteiger charge is 2.46. The van der Waals surface area contributed by atoms with Crippen LogP contribution in [0.1, 0.15) is 11.1 Å². The molecule has 2 heterocycles. The molecule has 33 heavy (non-hydrogen) atoms. The van der Waals surface area contributed by atoms with E-state index >= 15 is 0 Å². The van der Waals surface area contributed by atoms with E-state index in [2.05, 4.69) is 10.1 Å². The highest BCUT2D eigenvalue weighted by Crippen LogP contribution is 2.39. The van der Waals surface area contributed by atoms with E-state index in [1.54, 1.807) is 0 Å². The summed E-state index contributed by atoms with van der Waals surface area (Å²) in [6.07, 6.45) is -3.43. The van der Waals surface area contributed by atoms with E-state index in [1.807, 2.05) is 30.3 Å². The van der Waals surface area contributed by atoms with Crippen LogP contribution in [0.4, 0.5) is 13.2 Å². The molecule has 0 radical (unpaired) electrons. The second-order valence-electron chi connectivity index (χ2n) is 6.73. The molecule has 0 bridgehead atoms. The Balaban J connectivity index is 1.62. The summed E-state index contributed by atoms with van der Waals surface area (Å²) in [5.74, 6) is -0.836. The third-order valence-corrected chi connectivity index (χ3v) is 5.72. The van der Waals surface area contributed by atoms with Gasteiger partial charge in [-0.15, -0.1) is 0 Å². The minimum absolute atomic E-state index is 0.185. The number of hydrogen-bond acceptors (Lipinski definition) is 6. The van der Waals surface area contributed by atoms with Crippen LogP contribution in [0.5, 0.6) is 11.5 Å². The van der Waals surface area contributed by atoms with Gasteiger partial charge in [0.25, 0.3) is 5.91 Å². The average molecular weight is 495 g/mol. The molecule has 0 unspecified atom stereocenters. The van der Waals surface area contributed by atoms with E-state index in [0.29, 0.717) is 10.6 Å². The van der Waals surface area contributed by atoms with Gasteiger partial charge >= 0.3 is 6.18 Å². The molecule has 2 aliphatic rings. The van der Waals surface area contributed by atoms with Crippen molar-refractivity contribution >= 4 is 51.4 Å². The number of amides is 1. The van der Waals surface area contributed by atoms with Crippen LogP contribution in [-0.4, -0.2) is 40.2 Å². The smallest absolute Gasteiger partial charge is 0.441 e. The molecule has 7 nitrogen and oxygen atoms in total. The number of benzene rings is 2. The van der Waals surface area contributed by atoms with Gasteiger partial charge in [-0.25, -0.2) is 0 Å². The van der Waals surface area contributed by atoms with Gasteiger partial charge in [0, 0.05) is 0 Å². The Bertz CT molecular complexity index is 1230. The molecular weight excluding hydrogens is 481 g/mol. The van der Waals surface area contributed by atoms with Crippen molar-refractivity contribution in [1.29, 1.82) is 5.41 Å². The summed E-state index contributed by atoms with van der Waals surface area (Å²) in [6, 6.07) is 12.4. The van der Waals surface area contributed by atoms with Gasteiger partial charge < -0.3 is 9.47 Å². The molecule has 2 aromatic carbocycles. The van der Waals surface area contributed by atoms with Gasteiger partial charge in [-0.2, -0.15) is 28.3 Å². The normalized spacial score (nSPS) is 17.1. The van der Waals surface area contributed by atoms with Gasteiger partial charge in [0.15, 0.2) is 17.3 Å². The van der Waals surface area contributed by atoms with Crippen molar-refractivity contribution in [3.8, 4) is 11.5 Å². The van der Waals surface area contributed by atoms with Crippen molar-refractivity contribution in [1.82, 2.24) is 5.01 Å². The van der Waals surface area contributed by atoms with E-state index < -0.39 is 23.0 Å². The number of fused-ring (bicyclic) bond motifs is 1. The lowest BCUT2D eigenvalue weighted by atomic mass is 10.1. The third kappa shape index (κ3) is 4.74. The number of hydrazone groups is 1. The fraction of sp³-hybridized carbons (Fsp3) is 0.143. The molecule has 0 aromatic heterocycles. The number of methoxy groups -OCH3 is 1. The Morgan fingerprint density at radius 3 is 2.64 bits per heavy atom. The van der Waals surface area contributed by atoms with E-state index in [9.17, 15) is 18.0 Å². The summed E-state index contributed by atoms with van der Waals surface area (Å²) < 4.78 is 50.0. The van der Waals surface area contributed by atoms with E-state index in [4.69, 9.17) is 26.5 Å². The second kappa shape index (κ2) is 8.91. The monoisotopic (exact) mass is 494 g/mol. The summed E-state index contributed by atoms with van der Waals surface area (Å²) in [6.45, 7) is 0.240. The standard InChI is InChI=1S/C21H14ClF3N4O3S/c1-31-15-9-12(8-14(22)16(15)32-10-11-5-3-2-4-6-11)7-13-17(26)29-20(27-18(13)30)33-19(28-29)21(23,24)25/h2-9,26H,10H2,1H3/b13-7+,26-17?. The Morgan fingerprint density at radius 1 is 1.24 bits per heavy atom. The molecule has 170 valence electrons. The van der Waals surface area contributed by atoms with Gasteiger partial charge in [0.05, 0.1) is 17.7 Å². The van der Waals surface area contributed by atoms with Crippen LogP contribution in [0.15, 0.2) is 58.1 Å². The topological polar surface area (TPSA) is 87.3 Å². The van der Waals surface area contributed by atoms with Crippen LogP contribution in [0, 0.1) is 5.41 Å². The Morgan fingerprint density at radius 2 is 1.97 bits per heavy atom. The molecule has 0 atom stereocenters. The molecular formula is C21H14ClF3N4O3S. The summed E-state index contributed by atoms with van der Waals surface area (Å²) in [5, 5.41) is 10.9. The number of carbonyl (C=O) groups excluding carboxylic acids is 1. The van der Waals surface area contributed by atoms with Gasteiger partial charge in [0.1, 0.15) is 6.61 Å². The van der Waals surface area contributed by atoms with E-state index in [1.165, 1.54) is 25.3 Å². The first-order valence-corrected chi connectivity index (χ1v) is 10.5. The number of alkyl halides is 3. The van der Waals surface area contributed by atoms with Crippen LogP contribution in [-0.2, 0) is 11.4 Å². The molecule has 0 saturated carbocycles. The molecule has 1 N–H and O–H groups in total. The largest absolute Gasteiger partial charge is 0.493 e. The van der Waals surface area contributed by atoms with Crippen molar-refractivity contribution in [2.75, 3.05) is 7.11 Å². The average Bonchev–Trinajstić information content (AvgIpc) is 3.21. The second-order valence-corrected chi connectivity index (χ2v) is 8.09. The molecule has 0 fully saturated rings. The van der Waals surface area contributed by atoms with Crippen molar-refractivity contribution in [2.45, 2.75) is 12.8 Å². The zero-order valence-electron chi connectivity index (χ0n) is 16.8. The number of nitrogens with zero attached hydrogens (tertiary/aromatic N) is 3. The lowest BCUT2D eigenvalue weighted by Crippen LogP contribution is -2.35. The number of carbonyl (C=O) groups is 1. The first kappa shape index (κ1) is 22.9. The molecule has 4 rings (SSSR count). The molecule has 2 aromatic rings. The Hall–Kier alpha value is -3.31. The van der Waals surface area contributed by atoms with Crippen LogP contribution >= 0.6 is 23.4 Å². The highest BCUT2D eigenvalue weighted by atomic mass is 35.5. The number of thioether (sulfide) groups is 1. The fourth-order valence-corrected chi connectivity index (χ4v) is 4.00. The molecule has 2 aliphatic heterocycles. The highest BCUT2D eigenvalue weighted by molar-refractivity contribution is 8.27. The summed E-state index contributed by atoms with van der Waals surface area (Å²) in [5.41, 5.74) is 1.03. The number of ether oxygens (including phenoxy) is 2. The van der Waals surface area contributed by atoms with Crippen molar-refractivity contribution in [2.24, 2.45) is 10.1 Å². The van der Waals surface area contributed by atoms with Gasteiger partial charge in [-0.3, -0.25) is 10.2 Å². The number of nitrogens with one attached hydrogen (secondary N) is 1. The maximum absolute atomic E-state index is 13.0. The molecule has 1 amide bonds. The minimum Gasteiger partial charge on any atom is -0.493 e. The number of hydrogen-bond donors (Lipinski definition) is 1. The number of rotatable bonds is 5. The zero-order valence-corrected chi connectivity index (χ0v) is 18.4. The van der Waals surface area contributed by atoms with Gasteiger partial charge in [0.2, 0.25) is 10.2 Å². The van der Waals surface area contributed by atoms with Crippen molar-refractivity contribution in [3.63, 3.8) is 0 Å². The quantitative estimate of drug-likeness (QED) is 0.584. The Labute approximate surface area is 195 Å². The minimum atomic E-state index is -4.71. The predicted molar refractivity (Wildman–Crippen MR) is 120 cm³/mol. The zero-order chi connectivity index (χ0) is 23.8. The molecule has 0 saturated heterocycles.